The van der Waals surface area contributed by atoms with Gasteiger partial charge in [-0.2, -0.15) is 0 Å². The van der Waals surface area contributed by atoms with E-state index in [9.17, 15) is 4.79 Å². The maximum absolute atomic E-state index is 10.2. The Morgan fingerprint density at radius 2 is 2.08 bits per heavy atom. The SMILES string of the molecule is O=C(O)Cc1cnc(CCl)nc1. The average Bonchev–Trinajstić information content (AvgIpc) is 2.05. The highest BCUT2D eigenvalue weighted by Crippen LogP contribution is 1.99. The van der Waals surface area contributed by atoms with Gasteiger partial charge in [0.2, 0.25) is 0 Å². The van der Waals surface area contributed by atoms with Crippen LogP contribution >= 0.6 is 11.6 Å². The zero-order valence-electron chi connectivity index (χ0n) is 6.20. The molecule has 1 N–H and O–H groups in total. The van der Waals surface area contributed by atoms with Gasteiger partial charge in [0, 0.05) is 12.4 Å². The Morgan fingerprint density at radius 1 is 1.50 bits per heavy atom. The topological polar surface area (TPSA) is 63.1 Å². The van der Waals surface area contributed by atoms with Crippen molar-refractivity contribution < 1.29 is 9.90 Å². The summed E-state index contributed by atoms with van der Waals surface area (Å²) in [4.78, 5) is 17.9. The van der Waals surface area contributed by atoms with Gasteiger partial charge in [0.25, 0.3) is 0 Å². The lowest BCUT2D eigenvalue weighted by atomic mass is 10.2. The van der Waals surface area contributed by atoms with Gasteiger partial charge in [-0.25, -0.2) is 9.97 Å². The first kappa shape index (κ1) is 8.93. The number of carboxylic acids is 1. The molecule has 0 fully saturated rings. The Kier molecular flexibility index (Phi) is 2.99. The number of carbonyl (C=O) groups is 1. The Balaban J connectivity index is 2.71. The first-order valence-electron chi connectivity index (χ1n) is 3.30. The van der Waals surface area contributed by atoms with Gasteiger partial charge < -0.3 is 5.11 Å². The fraction of sp³-hybridized carbons (Fsp3) is 0.286. The summed E-state index contributed by atoms with van der Waals surface area (Å²) in [5, 5.41) is 8.41. The van der Waals surface area contributed by atoms with Crippen LogP contribution in [0.3, 0.4) is 0 Å². The predicted molar refractivity (Wildman–Crippen MR) is 42.9 cm³/mol. The van der Waals surface area contributed by atoms with Crippen molar-refractivity contribution >= 4 is 17.6 Å². The van der Waals surface area contributed by atoms with Crippen molar-refractivity contribution in [3.8, 4) is 0 Å². The van der Waals surface area contributed by atoms with Gasteiger partial charge in [-0.15, -0.1) is 11.6 Å². The van der Waals surface area contributed by atoms with Crippen LogP contribution in [-0.2, 0) is 17.1 Å². The molecular weight excluding hydrogens is 180 g/mol. The van der Waals surface area contributed by atoms with E-state index in [1.807, 2.05) is 0 Å². The van der Waals surface area contributed by atoms with Crippen LogP contribution in [0.4, 0.5) is 0 Å². The molecule has 64 valence electrons. The quantitative estimate of drug-likeness (QED) is 0.711. The van der Waals surface area contributed by atoms with Crippen LogP contribution in [0.25, 0.3) is 0 Å². The minimum atomic E-state index is -0.891. The van der Waals surface area contributed by atoms with E-state index in [2.05, 4.69) is 9.97 Å². The van der Waals surface area contributed by atoms with E-state index in [1.54, 1.807) is 0 Å². The standard InChI is InChI=1S/C7H7ClN2O2/c8-2-6-9-3-5(4-10-6)1-7(11)12/h3-4H,1-2H2,(H,11,12). The lowest BCUT2D eigenvalue weighted by molar-refractivity contribution is -0.136. The number of nitrogens with zero attached hydrogens (tertiary/aromatic N) is 2. The molecule has 0 bridgehead atoms. The number of halogens is 1. The minimum absolute atomic E-state index is 0.0530. The molecule has 0 aliphatic heterocycles. The van der Waals surface area contributed by atoms with Gasteiger partial charge in [0.05, 0.1) is 12.3 Å². The molecule has 0 aliphatic rings. The smallest absolute Gasteiger partial charge is 0.307 e. The number of rotatable bonds is 3. The monoisotopic (exact) mass is 186 g/mol. The Morgan fingerprint density at radius 3 is 2.50 bits per heavy atom. The number of hydrogen-bond donors (Lipinski definition) is 1. The molecule has 0 amide bonds. The average molecular weight is 187 g/mol. The van der Waals surface area contributed by atoms with Crippen LogP contribution in [0.1, 0.15) is 11.4 Å². The Labute approximate surface area is 74.2 Å². The molecule has 1 rings (SSSR count). The van der Waals surface area contributed by atoms with E-state index in [0.717, 1.165) is 0 Å². The van der Waals surface area contributed by atoms with Crippen LogP contribution in [0.2, 0.25) is 0 Å². The molecule has 0 spiro atoms. The normalized spacial score (nSPS) is 9.75. The second-order valence-corrected chi connectivity index (χ2v) is 2.48. The summed E-state index contributed by atoms with van der Waals surface area (Å²) in [5.74, 6) is -0.143. The second-order valence-electron chi connectivity index (χ2n) is 2.21. The molecule has 5 heteroatoms. The van der Waals surface area contributed by atoms with E-state index in [-0.39, 0.29) is 12.3 Å². The van der Waals surface area contributed by atoms with Gasteiger partial charge in [-0.3, -0.25) is 4.79 Å². The summed E-state index contributed by atoms with van der Waals surface area (Å²) in [7, 11) is 0. The second kappa shape index (κ2) is 4.01. The van der Waals surface area contributed by atoms with Crippen molar-refractivity contribution in [1.82, 2.24) is 9.97 Å². The first-order valence-corrected chi connectivity index (χ1v) is 3.83. The van der Waals surface area contributed by atoms with E-state index in [0.29, 0.717) is 11.4 Å². The van der Waals surface area contributed by atoms with E-state index in [1.165, 1.54) is 12.4 Å². The predicted octanol–water partition coefficient (Wildman–Crippen LogP) is 0.843. The van der Waals surface area contributed by atoms with E-state index in [4.69, 9.17) is 16.7 Å². The molecule has 12 heavy (non-hydrogen) atoms. The van der Waals surface area contributed by atoms with Gasteiger partial charge >= 0.3 is 5.97 Å². The lowest BCUT2D eigenvalue weighted by Gasteiger charge is -1.96. The molecule has 1 aromatic rings. The zero-order valence-corrected chi connectivity index (χ0v) is 6.95. The first-order chi connectivity index (χ1) is 5.72. The van der Waals surface area contributed by atoms with Gasteiger partial charge in [0.15, 0.2) is 0 Å². The molecule has 0 radical (unpaired) electrons. The summed E-state index contributed by atoms with van der Waals surface area (Å²) in [6.45, 7) is 0. The molecule has 0 aromatic carbocycles. The summed E-state index contributed by atoms with van der Waals surface area (Å²) in [6, 6.07) is 0. The number of aliphatic carboxylic acids is 1. The molecule has 4 nitrogen and oxygen atoms in total. The maximum atomic E-state index is 10.2. The van der Waals surface area contributed by atoms with Gasteiger partial charge in [-0.1, -0.05) is 0 Å². The molecule has 0 aliphatic carbocycles. The number of carboxylic acid groups (broad SMARTS) is 1. The molecule has 0 saturated heterocycles. The summed E-state index contributed by atoms with van der Waals surface area (Å²) < 4.78 is 0. The molecule has 0 unspecified atom stereocenters. The van der Waals surface area contributed by atoms with Crippen LogP contribution in [0.5, 0.6) is 0 Å². The number of aromatic nitrogens is 2. The zero-order chi connectivity index (χ0) is 8.97. The largest absolute Gasteiger partial charge is 0.481 e. The Bertz CT molecular complexity index is 273. The molecule has 1 heterocycles. The lowest BCUT2D eigenvalue weighted by Crippen LogP contribution is -2.02. The molecule has 0 atom stereocenters. The van der Waals surface area contributed by atoms with Crippen molar-refractivity contribution in [1.29, 1.82) is 0 Å². The third-order valence-electron chi connectivity index (χ3n) is 1.23. The molecule has 0 saturated carbocycles. The summed E-state index contributed by atoms with van der Waals surface area (Å²) >= 11 is 5.44. The third kappa shape index (κ3) is 2.47. The van der Waals surface area contributed by atoms with E-state index >= 15 is 0 Å². The fourth-order valence-electron chi connectivity index (χ4n) is 0.716. The fourth-order valence-corrected chi connectivity index (χ4v) is 0.854. The summed E-state index contributed by atoms with van der Waals surface area (Å²) in [6.07, 6.45) is 2.89. The van der Waals surface area contributed by atoms with Crippen LogP contribution in [-0.4, -0.2) is 21.0 Å². The van der Waals surface area contributed by atoms with E-state index < -0.39 is 5.97 Å². The minimum Gasteiger partial charge on any atom is -0.481 e. The number of hydrogen-bond acceptors (Lipinski definition) is 3. The van der Waals surface area contributed by atoms with Crippen LogP contribution in [0.15, 0.2) is 12.4 Å². The van der Waals surface area contributed by atoms with Crippen molar-refractivity contribution in [3.05, 3.63) is 23.8 Å². The van der Waals surface area contributed by atoms with Gasteiger partial charge in [-0.05, 0) is 5.56 Å². The van der Waals surface area contributed by atoms with Crippen molar-refractivity contribution in [2.45, 2.75) is 12.3 Å². The van der Waals surface area contributed by atoms with Crippen molar-refractivity contribution in [2.75, 3.05) is 0 Å². The van der Waals surface area contributed by atoms with Crippen molar-refractivity contribution in [2.24, 2.45) is 0 Å². The van der Waals surface area contributed by atoms with Gasteiger partial charge in [0.1, 0.15) is 5.82 Å². The number of alkyl halides is 1. The highest BCUT2D eigenvalue weighted by molar-refractivity contribution is 6.16. The third-order valence-corrected chi connectivity index (χ3v) is 1.47. The highest BCUT2D eigenvalue weighted by Gasteiger charge is 2.01. The van der Waals surface area contributed by atoms with Crippen LogP contribution < -0.4 is 0 Å². The summed E-state index contributed by atoms with van der Waals surface area (Å²) in [5.41, 5.74) is 0.580. The highest BCUT2D eigenvalue weighted by atomic mass is 35.5. The molecule has 1 aromatic heterocycles. The molecular formula is C7H7ClN2O2. The maximum Gasteiger partial charge on any atom is 0.307 e. The van der Waals surface area contributed by atoms with Crippen LogP contribution in [0, 0.1) is 0 Å². The van der Waals surface area contributed by atoms with Crippen molar-refractivity contribution in [3.63, 3.8) is 0 Å². The Hall–Kier alpha value is -1.16.